The minimum atomic E-state index is -0.514. The summed E-state index contributed by atoms with van der Waals surface area (Å²) in [5.41, 5.74) is 0.0318. The third-order valence-corrected chi connectivity index (χ3v) is 4.26. The van der Waals surface area contributed by atoms with Crippen LogP contribution in [0.4, 0.5) is 5.69 Å². The third kappa shape index (κ3) is 4.07. The van der Waals surface area contributed by atoms with Crippen molar-refractivity contribution in [1.29, 1.82) is 0 Å². The fraction of sp³-hybridized carbons (Fsp3) is 0.357. The molecule has 0 radical (unpaired) electrons. The number of hydrogen-bond donors (Lipinski definition) is 2. The Hall–Kier alpha value is -2.42. The molecule has 0 spiro atoms. The second-order valence-corrected chi connectivity index (χ2v) is 6.03. The zero-order chi connectivity index (χ0) is 17.0. The van der Waals surface area contributed by atoms with Gasteiger partial charge in [-0.1, -0.05) is 4.68 Å². The molecule has 0 aliphatic heterocycles. The van der Waals surface area contributed by atoms with Gasteiger partial charge in [0.15, 0.2) is 7.05 Å². The van der Waals surface area contributed by atoms with E-state index in [-0.39, 0.29) is 5.91 Å². The number of anilines is 1. The summed E-state index contributed by atoms with van der Waals surface area (Å²) in [5, 5.41) is 4.99. The number of ether oxygens (including phenoxy) is 2. The molecule has 0 fully saturated rings. The van der Waals surface area contributed by atoms with Gasteiger partial charge in [0.05, 0.1) is 19.5 Å². The molecule has 0 saturated carbocycles. The number of carbonyl (C=O) groups is 1. The topological polar surface area (TPSA) is 97.4 Å². The molecule has 0 saturated heterocycles. The second kappa shape index (κ2) is 7.23. The SMILES string of the molecule is COc1cc(NC(=O)C(C)Sc2c(=O)o[nH][n+]2C)cc(OC)c1. The molecule has 124 valence electrons. The van der Waals surface area contributed by atoms with Crippen LogP contribution in [-0.2, 0) is 11.8 Å². The average Bonchev–Trinajstić information content (AvgIpc) is 2.86. The number of H-pyrrole nitrogens is 1. The molecular weight excluding hydrogens is 322 g/mol. The molecule has 1 amide bonds. The number of amides is 1. The number of hydrogen-bond acceptors (Lipinski definition) is 6. The number of benzene rings is 1. The predicted octanol–water partition coefficient (Wildman–Crippen LogP) is 0.929. The van der Waals surface area contributed by atoms with Crippen molar-refractivity contribution in [1.82, 2.24) is 5.27 Å². The molecule has 1 heterocycles. The lowest BCUT2D eigenvalue weighted by molar-refractivity contribution is -0.772. The molecule has 1 aromatic heterocycles. The van der Waals surface area contributed by atoms with Crippen LogP contribution in [0.1, 0.15) is 6.92 Å². The van der Waals surface area contributed by atoms with E-state index in [2.05, 4.69) is 15.1 Å². The summed E-state index contributed by atoms with van der Waals surface area (Å²) in [7, 11) is 4.69. The number of methoxy groups -OCH3 is 2. The highest BCUT2D eigenvalue weighted by Gasteiger charge is 2.25. The summed E-state index contributed by atoms with van der Waals surface area (Å²) in [6.45, 7) is 1.70. The molecule has 8 nitrogen and oxygen atoms in total. The number of aromatic nitrogens is 2. The second-order valence-electron chi connectivity index (χ2n) is 4.70. The predicted molar refractivity (Wildman–Crippen MR) is 84.0 cm³/mol. The first-order valence-electron chi connectivity index (χ1n) is 6.72. The molecule has 1 atom stereocenters. The molecule has 2 N–H and O–H groups in total. The van der Waals surface area contributed by atoms with Crippen LogP contribution in [0.25, 0.3) is 0 Å². The fourth-order valence-corrected chi connectivity index (χ4v) is 2.64. The van der Waals surface area contributed by atoms with Crippen molar-refractivity contribution in [3.63, 3.8) is 0 Å². The van der Waals surface area contributed by atoms with Crippen LogP contribution in [0.15, 0.2) is 32.5 Å². The Balaban J connectivity index is 2.10. The third-order valence-electron chi connectivity index (χ3n) is 3.03. The summed E-state index contributed by atoms with van der Waals surface area (Å²) >= 11 is 1.10. The molecule has 0 aliphatic carbocycles. The summed E-state index contributed by atoms with van der Waals surface area (Å²) in [4.78, 5) is 23.8. The smallest absolute Gasteiger partial charge is 0.441 e. The van der Waals surface area contributed by atoms with Gasteiger partial charge in [-0.3, -0.25) is 9.32 Å². The Morgan fingerprint density at radius 2 is 1.91 bits per heavy atom. The number of thioether (sulfide) groups is 1. The molecule has 0 aliphatic rings. The number of carbonyl (C=O) groups excluding carboxylic acids is 1. The Morgan fingerprint density at radius 3 is 2.39 bits per heavy atom. The van der Waals surface area contributed by atoms with Crippen LogP contribution < -0.4 is 25.1 Å². The van der Waals surface area contributed by atoms with Gasteiger partial charge < -0.3 is 14.8 Å². The van der Waals surface area contributed by atoms with Crippen molar-refractivity contribution in [3.8, 4) is 11.5 Å². The number of nitrogens with zero attached hydrogens (tertiary/aromatic N) is 1. The maximum absolute atomic E-state index is 12.3. The molecule has 2 aromatic rings. The van der Waals surface area contributed by atoms with Crippen LogP contribution in [0.3, 0.4) is 0 Å². The molecule has 9 heteroatoms. The lowest BCUT2D eigenvalue weighted by atomic mass is 10.2. The largest absolute Gasteiger partial charge is 0.497 e. The molecule has 1 unspecified atom stereocenters. The highest BCUT2D eigenvalue weighted by molar-refractivity contribution is 8.00. The summed E-state index contributed by atoms with van der Waals surface area (Å²) < 4.78 is 16.4. The van der Waals surface area contributed by atoms with E-state index in [0.717, 1.165) is 11.8 Å². The van der Waals surface area contributed by atoms with Crippen molar-refractivity contribution >= 4 is 23.4 Å². The van der Waals surface area contributed by atoms with Crippen LogP contribution in [0, 0.1) is 0 Å². The van der Waals surface area contributed by atoms with Crippen molar-refractivity contribution < 1.29 is 23.5 Å². The van der Waals surface area contributed by atoms with Gasteiger partial charge in [-0.05, 0) is 24.0 Å². The van der Waals surface area contributed by atoms with E-state index in [1.165, 1.54) is 18.9 Å². The summed E-state index contributed by atoms with van der Waals surface area (Å²) in [6.07, 6.45) is 0. The highest BCUT2D eigenvalue weighted by atomic mass is 32.2. The Morgan fingerprint density at radius 1 is 1.30 bits per heavy atom. The lowest BCUT2D eigenvalue weighted by Crippen LogP contribution is -2.35. The molecule has 2 rings (SSSR count). The fourth-order valence-electron chi connectivity index (χ4n) is 1.80. The van der Waals surface area contributed by atoms with Gasteiger partial charge >= 0.3 is 10.7 Å². The standard InChI is InChI=1S/C14H17N3O5S/c1-8(23-13-14(19)22-16-17(13)2)12(18)15-9-5-10(20-3)7-11(6-9)21-4/h5-8H,1-4H3,(H-,15,16,18,19)/p+1. The first-order valence-corrected chi connectivity index (χ1v) is 7.60. The van der Waals surface area contributed by atoms with Crippen molar-refractivity contribution in [3.05, 3.63) is 28.6 Å². The number of aromatic amines is 1. The Labute approximate surface area is 136 Å². The van der Waals surface area contributed by atoms with Gasteiger partial charge in [-0.15, -0.1) is 0 Å². The normalized spacial score (nSPS) is 11.8. The van der Waals surface area contributed by atoms with Gasteiger partial charge in [0.1, 0.15) is 11.5 Å². The molecular formula is C14H18N3O5S+. The first-order chi connectivity index (χ1) is 10.9. The molecule has 1 aromatic carbocycles. The van der Waals surface area contributed by atoms with Crippen molar-refractivity contribution in [2.75, 3.05) is 19.5 Å². The highest BCUT2D eigenvalue weighted by Crippen LogP contribution is 2.26. The van der Waals surface area contributed by atoms with E-state index in [1.807, 2.05) is 0 Å². The minimum absolute atomic E-state index is 0.258. The van der Waals surface area contributed by atoms with Crippen LogP contribution in [0.5, 0.6) is 11.5 Å². The van der Waals surface area contributed by atoms with Crippen LogP contribution in [0.2, 0.25) is 0 Å². The lowest BCUT2D eigenvalue weighted by Gasteiger charge is -2.12. The first kappa shape index (κ1) is 16.9. The monoisotopic (exact) mass is 340 g/mol. The van der Waals surface area contributed by atoms with Gasteiger partial charge in [-0.25, -0.2) is 4.79 Å². The maximum atomic E-state index is 12.3. The van der Waals surface area contributed by atoms with Gasteiger partial charge in [-0.2, -0.15) is 0 Å². The number of rotatable bonds is 6. The van der Waals surface area contributed by atoms with E-state index in [9.17, 15) is 9.59 Å². The summed E-state index contributed by atoms with van der Waals surface area (Å²) in [5.74, 6) is 0.876. The van der Waals surface area contributed by atoms with Crippen LogP contribution in [-0.4, -0.2) is 30.6 Å². The quantitative estimate of drug-likeness (QED) is 0.600. The van der Waals surface area contributed by atoms with Gasteiger partial charge in [0.25, 0.3) is 0 Å². The minimum Gasteiger partial charge on any atom is -0.497 e. The zero-order valence-electron chi connectivity index (χ0n) is 13.2. The Kier molecular flexibility index (Phi) is 5.32. The van der Waals surface area contributed by atoms with Gasteiger partial charge in [0.2, 0.25) is 5.91 Å². The van der Waals surface area contributed by atoms with Gasteiger partial charge in [0, 0.05) is 23.9 Å². The average molecular weight is 340 g/mol. The summed E-state index contributed by atoms with van der Waals surface area (Å²) in [6, 6.07) is 5.07. The molecule has 23 heavy (non-hydrogen) atoms. The van der Waals surface area contributed by atoms with E-state index < -0.39 is 10.9 Å². The van der Waals surface area contributed by atoms with E-state index in [1.54, 1.807) is 32.2 Å². The van der Waals surface area contributed by atoms with E-state index in [0.29, 0.717) is 22.2 Å². The van der Waals surface area contributed by atoms with E-state index in [4.69, 9.17) is 9.47 Å². The maximum Gasteiger partial charge on any atom is 0.441 e. The molecule has 0 bridgehead atoms. The Bertz CT molecular complexity index is 733. The van der Waals surface area contributed by atoms with Crippen molar-refractivity contribution in [2.45, 2.75) is 17.2 Å². The van der Waals surface area contributed by atoms with Crippen molar-refractivity contribution in [2.24, 2.45) is 7.05 Å². The number of nitrogens with one attached hydrogen (secondary N) is 2. The zero-order valence-corrected chi connectivity index (χ0v) is 14.0. The number of aryl methyl sites for hydroxylation is 1. The van der Waals surface area contributed by atoms with E-state index >= 15 is 0 Å². The van der Waals surface area contributed by atoms with Crippen LogP contribution >= 0.6 is 11.8 Å².